The second-order valence-electron chi connectivity index (χ2n) is 6.96. The lowest BCUT2D eigenvalue weighted by Gasteiger charge is -2.36. The molecule has 0 atom stereocenters. The van der Waals surface area contributed by atoms with Crippen molar-refractivity contribution < 1.29 is 8.91 Å². The number of guanidine groups is 1. The molecule has 0 bridgehead atoms. The van der Waals surface area contributed by atoms with Gasteiger partial charge in [0, 0.05) is 48.9 Å². The van der Waals surface area contributed by atoms with Gasteiger partial charge in [-0.15, -0.1) is 0 Å². The molecule has 1 fully saturated rings. The number of rotatable bonds is 5. The molecule has 1 saturated heterocycles. The van der Waals surface area contributed by atoms with Crippen LogP contribution in [0.1, 0.15) is 5.89 Å². The van der Waals surface area contributed by atoms with Crippen LogP contribution >= 0.6 is 11.6 Å². The van der Waals surface area contributed by atoms with Crippen molar-refractivity contribution >= 4 is 23.2 Å². The fourth-order valence-corrected chi connectivity index (χ4v) is 3.50. The van der Waals surface area contributed by atoms with E-state index in [0.717, 1.165) is 37.4 Å². The summed E-state index contributed by atoms with van der Waals surface area (Å²) in [5, 5.41) is 4.61. The number of benzene rings is 2. The topological polar surface area (TPSA) is 83.8 Å². The van der Waals surface area contributed by atoms with E-state index in [1.54, 1.807) is 24.3 Å². The second kappa shape index (κ2) is 9.13. The number of hydrogen-bond donors (Lipinski definition) is 1. The average molecular weight is 429 g/mol. The lowest BCUT2D eigenvalue weighted by molar-refractivity contribution is 0.374. The highest BCUT2D eigenvalue weighted by Gasteiger charge is 2.18. The van der Waals surface area contributed by atoms with Gasteiger partial charge in [0.15, 0.2) is 5.96 Å². The minimum atomic E-state index is -0.227. The van der Waals surface area contributed by atoms with E-state index in [-0.39, 0.29) is 5.82 Å². The monoisotopic (exact) mass is 428 g/mol. The minimum absolute atomic E-state index is 0.227. The minimum Gasteiger partial charge on any atom is -0.370 e. The van der Waals surface area contributed by atoms with Crippen molar-refractivity contribution in [2.24, 2.45) is 10.7 Å². The fourth-order valence-electron chi connectivity index (χ4n) is 3.31. The highest BCUT2D eigenvalue weighted by molar-refractivity contribution is 6.30. The maximum Gasteiger partial charge on any atom is 0.228 e. The Bertz CT molecular complexity index is 1010. The van der Waals surface area contributed by atoms with E-state index in [0.29, 0.717) is 35.7 Å². The number of hydrogen-bond acceptors (Lipinski definition) is 5. The molecule has 0 aliphatic carbocycles. The van der Waals surface area contributed by atoms with Gasteiger partial charge in [-0.3, -0.25) is 4.99 Å². The predicted octanol–water partition coefficient (Wildman–Crippen LogP) is 3.21. The van der Waals surface area contributed by atoms with Crippen LogP contribution in [-0.4, -0.2) is 53.7 Å². The number of nitrogens with zero attached hydrogens (tertiary/aromatic N) is 5. The molecular formula is C21H22ClFN6O. The molecule has 1 aliphatic heterocycles. The number of aliphatic imine (C=N–C) groups is 1. The summed E-state index contributed by atoms with van der Waals surface area (Å²) in [5.74, 6) is 1.28. The van der Waals surface area contributed by atoms with Gasteiger partial charge < -0.3 is 20.1 Å². The third-order valence-corrected chi connectivity index (χ3v) is 5.18. The van der Waals surface area contributed by atoms with Crippen molar-refractivity contribution in [2.45, 2.75) is 6.42 Å². The Morgan fingerprint density at radius 3 is 2.63 bits per heavy atom. The first-order chi connectivity index (χ1) is 14.6. The molecule has 7 nitrogen and oxygen atoms in total. The number of halogens is 2. The summed E-state index contributed by atoms with van der Waals surface area (Å²) >= 11 is 6.00. The van der Waals surface area contributed by atoms with E-state index in [4.69, 9.17) is 21.9 Å². The van der Waals surface area contributed by atoms with Gasteiger partial charge in [-0.2, -0.15) is 4.98 Å². The second-order valence-corrected chi connectivity index (χ2v) is 7.40. The molecule has 0 spiro atoms. The van der Waals surface area contributed by atoms with Crippen LogP contribution < -0.4 is 10.6 Å². The van der Waals surface area contributed by atoms with Crippen molar-refractivity contribution in [1.29, 1.82) is 0 Å². The Labute approximate surface area is 179 Å². The third kappa shape index (κ3) is 4.88. The first-order valence-corrected chi connectivity index (χ1v) is 10.1. The largest absolute Gasteiger partial charge is 0.370 e. The first-order valence-electron chi connectivity index (χ1n) is 9.72. The van der Waals surface area contributed by atoms with E-state index in [9.17, 15) is 4.39 Å². The zero-order chi connectivity index (χ0) is 20.9. The quantitative estimate of drug-likeness (QED) is 0.496. The normalized spacial score (nSPS) is 14.9. The molecule has 2 heterocycles. The Hall–Kier alpha value is -3.13. The van der Waals surface area contributed by atoms with Gasteiger partial charge in [0.05, 0.1) is 6.54 Å². The predicted molar refractivity (Wildman–Crippen MR) is 115 cm³/mol. The molecule has 3 aromatic rings. The maximum atomic E-state index is 13.1. The summed E-state index contributed by atoms with van der Waals surface area (Å²) in [6.07, 6.45) is 0.504. The van der Waals surface area contributed by atoms with Crippen LogP contribution in [-0.2, 0) is 6.42 Å². The number of anilines is 1. The van der Waals surface area contributed by atoms with Gasteiger partial charge in [0.25, 0.3) is 0 Å². The smallest absolute Gasteiger partial charge is 0.228 e. The highest BCUT2D eigenvalue weighted by Crippen LogP contribution is 2.20. The van der Waals surface area contributed by atoms with Crippen LogP contribution in [0.15, 0.2) is 58.0 Å². The Morgan fingerprint density at radius 1 is 1.13 bits per heavy atom. The van der Waals surface area contributed by atoms with Crippen LogP contribution in [0.3, 0.4) is 0 Å². The molecule has 0 radical (unpaired) electrons. The van der Waals surface area contributed by atoms with E-state index in [1.165, 1.54) is 12.1 Å². The summed E-state index contributed by atoms with van der Waals surface area (Å²) < 4.78 is 18.4. The number of piperazine rings is 1. The van der Waals surface area contributed by atoms with Crippen molar-refractivity contribution in [2.75, 3.05) is 37.6 Å². The van der Waals surface area contributed by atoms with Gasteiger partial charge in [-0.25, -0.2) is 4.39 Å². The number of aromatic nitrogens is 2. The van der Waals surface area contributed by atoms with Crippen LogP contribution in [0.5, 0.6) is 0 Å². The zero-order valence-corrected chi connectivity index (χ0v) is 17.1. The molecule has 0 unspecified atom stereocenters. The molecule has 30 heavy (non-hydrogen) atoms. The Morgan fingerprint density at radius 2 is 1.90 bits per heavy atom. The van der Waals surface area contributed by atoms with Gasteiger partial charge in [-0.05, 0) is 36.4 Å². The molecule has 2 aromatic carbocycles. The molecule has 0 amide bonds. The lowest BCUT2D eigenvalue weighted by atomic mass is 10.2. The van der Waals surface area contributed by atoms with Crippen molar-refractivity contribution in [3.8, 4) is 11.4 Å². The van der Waals surface area contributed by atoms with E-state index >= 15 is 0 Å². The molecule has 4 rings (SSSR count). The van der Waals surface area contributed by atoms with Crippen molar-refractivity contribution in [1.82, 2.24) is 15.0 Å². The molecule has 1 aliphatic rings. The fraction of sp³-hybridized carbons (Fsp3) is 0.286. The Kier molecular flexibility index (Phi) is 6.13. The lowest BCUT2D eigenvalue weighted by Crippen LogP contribution is -2.51. The zero-order valence-electron chi connectivity index (χ0n) is 16.3. The van der Waals surface area contributed by atoms with Gasteiger partial charge in [0.1, 0.15) is 5.82 Å². The van der Waals surface area contributed by atoms with E-state index in [2.05, 4.69) is 20.0 Å². The van der Waals surface area contributed by atoms with Gasteiger partial charge in [-0.1, -0.05) is 28.9 Å². The summed E-state index contributed by atoms with van der Waals surface area (Å²) in [7, 11) is 0. The highest BCUT2D eigenvalue weighted by atomic mass is 35.5. The van der Waals surface area contributed by atoms with Crippen molar-refractivity contribution in [3.05, 3.63) is 65.3 Å². The van der Waals surface area contributed by atoms with E-state index < -0.39 is 0 Å². The van der Waals surface area contributed by atoms with Crippen LogP contribution in [0.2, 0.25) is 5.02 Å². The standard InChI is InChI=1S/C21H22ClFN6O/c22-16-3-1-2-15(14-16)20-26-19(30-27-20)8-9-25-21(24)29-12-10-28(11-13-29)18-6-4-17(23)5-7-18/h1-7,14H,8-13H2,(H2,24,25). The van der Waals surface area contributed by atoms with Crippen molar-refractivity contribution in [3.63, 3.8) is 0 Å². The summed E-state index contributed by atoms with van der Waals surface area (Å²) in [4.78, 5) is 13.1. The van der Waals surface area contributed by atoms with Crippen LogP contribution in [0.25, 0.3) is 11.4 Å². The van der Waals surface area contributed by atoms with Crippen LogP contribution in [0, 0.1) is 5.82 Å². The van der Waals surface area contributed by atoms with Gasteiger partial charge in [0.2, 0.25) is 11.7 Å². The molecule has 9 heteroatoms. The van der Waals surface area contributed by atoms with Gasteiger partial charge >= 0.3 is 0 Å². The molecular weight excluding hydrogens is 407 g/mol. The summed E-state index contributed by atoms with van der Waals surface area (Å²) in [6, 6.07) is 13.9. The maximum absolute atomic E-state index is 13.1. The summed E-state index contributed by atoms with van der Waals surface area (Å²) in [5.41, 5.74) is 7.97. The third-order valence-electron chi connectivity index (χ3n) is 4.95. The Balaban J connectivity index is 1.27. The van der Waals surface area contributed by atoms with E-state index in [1.807, 2.05) is 17.0 Å². The number of nitrogens with two attached hydrogens (primary N) is 1. The molecule has 1 aromatic heterocycles. The molecule has 156 valence electrons. The SMILES string of the molecule is NC(=NCCc1nc(-c2cccc(Cl)c2)no1)N1CCN(c2ccc(F)cc2)CC1. The van der Waals surface area contributed by atoms with Crippen LogP contribution in [0.4, 0.5) is 10.1 Å². The summed E-state index contributed by atoms with van der Waals surface area (Å²) in [6.45, 7) is 3.57. The molecule has 0 saturated carbocycles. The average Bonchev–Trinajstić information content (AvgIpc) is 3.23. The molecule has 2 N–H and O–H groups in total. The first kappa shape index (κ1) is 20.2.